The fraction of sp³-hybridized carbons (Fsp3) is 0.345. The summed E-state index contributed by atoms with van der Waals surface area (Å²) >= 11 is 6.18. The maximum Gasteiger partial charge on any atom is 0.254 e. The first kappa shape index (κ1) is 25.0. The number of carbonyl (C=O) groups is 1. The van der Waals surface area contributed by atoms with Crippen LogP contribution in [0.15, 0.2) is 78.9 Å². The molecule has 3 aromatic carbocycles. The number of benzene rings is 3. The van der Waals surface area contributed by atoms with Crippen molar-refractivity contribution in [2.45, 2.75) is 65.2 Å². The second kappa shape index (κ2) is 11.5. The maximum absolute atomic E-state index is 13.6. The highest BCUT2D eigenvalue weighted by Crippen LogP contribution is 2.34. The topological polar surface area (TPSA) is 32.3 Å². The molecule has 0 aliphatic carbocycles. The SMILES string of the molecule is CC(C)N(C(=O)c1ccccc1[C@H](C)[C@@H](NCc1ccccc1)c1ccc(Cl)cc1)C(C)C. The minimum Gasteiger partial charge on any atom is -0.334 e. The Balaban J connectivity index is 1.98. The van der Waals surface area contributed by atoms with E-state index < -0.39 is 0 Å². The number of nitrogens with zero attached hydrogens (tertiary/aromatic N) is 1. The summed E-state index contributed by atoms with van der Waals surface area (Å²) in [5.74, 6) is 0.150. The molecule has 0 radical (unpaired) electrons. The highest BCUT2D eigenvalue weighted by atomic mass is 35.5. The summed E-state index contributed by atoms with van der Waals surface area (Å²) in [5, 5.41) is 4.46. The number of nitrogens with one attached hydrogen (secondary N) is 1. The van der Waals surface area contributed by atoms with E-state index in [1.807, 2.05) is 41.3 Å². The molecule has 174 valence electrons. The molecule has 3 aromatic rings. The summed E-state index contributed by atoms with van der Waals surface area (Å²) in [6.07, 6.45) is 0. The molecular formula is C29H35ClN2O. The van der Waals surface area contributed by atoms with Crippen LogP contribution in [0, 0.1) is 0 Å². The van der Waals surface area contributed by atoms with Crippen LogP contribution in [0.1, 0.15) is 73.6 Å². The van der Waals surface area contributed by atoms with Crippen LogP contribution in [0.4, 0.5) is 0 Å². The molecule has 2 atom stereocenters. The molecule has 0 bridgehead atoms. The van der Waals surface area contributed by atoms with Crippen molar-refractivity contribution >= 4 is 17.5 Å². The van der Waals surface area contributed by atoms with Crippen molar-refractivity contribution in [3.63, 3.8) is 0 Å². The van der Waals surface area contributed by atoms with Gasteiger partial charge in [0.2, 0.25) is 0 Å². The van der Waals surface area contributed by atoms with Crippen LogP contribution >= 0.6 is 11.6 Å². The molecule has 0 fully saturated rings. The average molecular weight is 463 g/mol. The molecule has 1 N–H and O–H groups in total. The second-order valence-electron chi connectivity index (χ2n) is 9.17. The second-order valence-corrected chi connectivity index (χ2v) is 9.61. The van der Waals surface area contributed by atoms with Gasteiger partial charge in [-0.15, -0.1) is 0 Å². The van der Waals surface area contributed by atoms with E-state index in [0.29, 0.717) is 5.02 Å². The van der Waals surface area contributed by atoms with Crippen LogP contribution in [-0.4, -0.2) is 22.9 Å². The Morgan fingerprint density at radius 1 is 0.818 bits per heavy atom. The van der Waals surface area contributed by atoms with E-state index >= 15 is 0 Å². The third-order valence-corrected chi connectivity index (χ3v) is 6.38. The number of amides is 1. The number of carbonyl (C=O) groups excluding carboxylic acids is 1. The zero-order valence-electron chi connectivity index (χ0n) is 20.3. The van der Waals surface area contributed by atoms with Gasteiger partial charge in [-0.2, -0.15) is 0 Å². The van der Waals surface area contributed by atoms with E-state index in [4.69, 9.17) is 11.6 Å². The van der Waals surface area contributed by atoms with Crippen molar-refractivity contribution in [1.29, 1.82) is 0 Å². The fourth-order valence-electron chi connectivity index (χ4n) is 4.55. The molecule has 4 heteroatoms. The Hall–Kier alpha value is -2.62. The lowest BCUT2D eigenvalue weighted by Crippen LogP contribution is -2.42. The molecule has 3 nitrogen and oxygen atoms in total. The van der Waals surface area contributed by atoms with E-state index in [1.54, 1.807) is 0 Å². The highest BCUT2D eigenvalue weighted by Gasteiger charge is 2.28. The van der Waals surface area contributed by atoms with E-state index in [-0.39, 0.29) is 30.0 Å². The van der Waals surface area contributed by atoms with E-state index in [9.17, 15) is 4.79 Å². The Morgan fingerprint density at radius 3 is 2.00 bits per heavy atom. The first-order valence-corrected chi connectivity index (χ1v) is 12.1. The van der Waals surface area contributed by atoms with Gasteiger partial charge < -0.3 is 10.2 Å². The summed E-state index contributed by atoms with van der Waals surface area (Å²) in [6, 6.07) is 26.7. The Bertz CT molecular complexity index is 1020. The van der Waals surface area contributed by atoms with Gasteiger partial charge in [0, 0.05) is 41.2 Å². The van der Waals surface area contributed by atoms with Gasteiger partial charge in [0.1, 0.15) is 0 Å². The molecule has 0 saturated heterocycles. The molecule has 0 unspecified atom stereocenters. The monoisotopic (exact) mass is 462 g/mol. The molecule has 0 saturated carbocycles. The van der Waals surface area contributed by atoms with Gasteiger partial charge in [-0.05, 0) is 62.6 Å². The van der Waals surface area contributed by atoms with Crippen molar-refractivity contribution in [2.75, 3.05) is 0 Å². The predicted octanol–water partition coefficient (Wildman–Crippen LogP) is 7.23. The quantitative estimate of drug-likeness (QED) is 0.363. The minimum absolute atomic E-state index is 0.0166. The van der Waals surface area contributed by atoms with Crippen LogP contribution < -0.4 is 5.32 Å². The standard InChI is InChI=1S/C29H35ClN2O/c1-20(2)32(21(3)4)29(33)27-14-10-9-13-26(27)22(5)28(24-15-17-25(30)18-16-24)31-19-23-11-7-6-8-12-23/h6-18,20-22,28,31H,19H2,1-5H3/t22-,28+/m0/s1. The highest BCUT2D eigenvalue weighted by molar-refractivity contribution is 6.30. The van der Waals surface area contributed by atoms with E-state index in [2.05, 4.69) is 82.4 Å². The summed E-state index contributed by atoms with van der Waals surface area (Å²) in [7, 11) is 0. The lowest BCUT2D eigenvalue weighted by Gasteiger charge is -2.33. The smallest absolute Gasteiger partial charge is 0.254 e. The van der Waals surface area contributed by atoms with Crippen LogP contribution in [0.25, 0.3) is 0 Å². The van der Waals surface area contributed by atoms with Gasteiger partial charge >= 0.3 is 0 Å². The number of halogens is 1. The molecular weight excluding hydrogens is 428 g/mol. The minimum atomic E-state index is 0.0166. The molecule has 0 aromatic heterocycles. The predicted molar refractivity (Wildman–Crippen MR) is 139 cm³/mol. The molecule has 0 spiro atoms. The van der Waals surface area contributed by atoms with Crippen molar-refractivity contribution in [3.8, 4) is 0 Å². The lowest BCUT2D eigenvalue weighted by molar-refractivity contribution is 0.0642. The van der Waals surface area contributed by atoms with Gasteiger partial charge in [-0.25, -0.2) is 0 Å². The van der Waals surface area contributed by atoms with Crippen LogP contribution in [0.3, 0.4) is 0 Å². The van der Waals surface area contributed by atoms with Crippen LogP contribution in [0.5, 0.6) is 0 Å². The maximum atomic E-state index is 13.6. The molecule has 0 aliphatic rings. The van der Waals surface area contributed by atoms with Crippen LogP contribution in [-0.2, 0) is 6.54 Å². The average Bonchev–Trinajstić information content (AvgIpc) is 2.80. The summed E-state index contributed by atoms with van der Waals surface area (Å²) in [5.41, 5.74) is 4.19. The number of rotatable bonds is 9. The Labute approximate surface area is 203 Å². The molecule has 0 aliphatic heterocycles. The van der Waals surface area contributed by atoms with Crippen molar-refractivity contribution < 1.29 is 4.79 Å². The van der Waals surface area contributed by atoms with Crippen molar-refractivity contribution in [2.24, 2.45) is 0 Å². The van der Waals surface area contributed by atoms with E-state index in [0.717, 1.165) is 23.2 Å². The van der Waals surface area contributed by atoms with Crippen molar-refractivity contribution in [1.82, 2.24) is 10.2 Å². The first-order valence-electron chi connectivity index (χ1n) is 11.7. The summed E-state index contributed by atoms with van der Waals surface area (Å²) in [4.78, 5) is 15.6. The van der Waals surface area contributed by atoms with Gasteiger partial charge in [-0.3, -0.25) is 4.79 Å². The lowest BCUT2D eigenvalue weighted by atomic mass is 9.85. The number of hydrogen-bond donors (Lipinski definition) is 1. The third-order valence-electron chi connectivity index (χ3n) is 6.13. The van der Waals surface area contributed by atoms with Gasteiger partial charge in [0.25, 0.3) is 5.91 Å². The molecule has 3 rings (SSSR count). The van der Waals surface area contributed by atoms with E-state index in [1.165, 1.54) is 5.56 Å². The largest absolute Gasteiger partial charge is 0.334 e. The van der Waals surface area contributed by atoms with Gasteiger partial charge in [-0.1, -0.05) is 79.2 Å². The molecule has 33 heavy (non-hydrogen) atoms. The normalized spacial score (nSPS) is 13.2. The zero-order chi connectivity index (χ0) is 24.0. The summed E-state index contributed by atoms with van der Waals surface area (Å²) in [6.45, 7) is 11.2. The third kappa shape index (κ3) is 6.25. The van der Waals surface area contributed by atoms with Crippen LogP contribution in [0.2, 0.25) is 5.02 Å². The van der Waals surface area contributed by atoms with Crippen molar-refractivity contribution in [3.05, 3.63) is 106 Å². The number of hydrogen-bond acceptors (Lipinski definition) is 2. The first-order chi connectivity index (χ1) is 15.8. The Kier molecular flexibility index (Phi) is 8.71. The molecule has 1 amide bonds. The zero-order valence-corrected chi connectivity index (χ0v) is 21.0. The summed E-state index contributed by atoms with van der Waals surface area (Å²) < 4.78 is 0. The van der Waals surface area contributed by atoms with Gasteiger partial charge in [0.05, 0.1) is 0 Å². The van der Waals surface area contributed by atoms with Gasteiger partial charge in [0.15, 0.2) is 0 Å². The Morgan fingerprint density at radius 2 is 1.39 bits per heavy atom. The fourth-order valence-corrected chi connectivity index (χ4v) is 4.68. The molecule has 0 heterocycles.